The molecule has 1 rings (SSSR count). The summed E-state index contributed by atoms with van der Waals surface area (Å²) in [6, 6.07) is 3.34. The van der Waals surface area contributed by atoms with Crippen LogP contribution in [0.3, 0.4) is 0 Å². The van der Waals surface area contributed by atoms with E-state index in [1.165, 1.54) is 12.3 Å². The van der Waals surface area contributed by atoms with Crippen molar-refractivity contribution in [3.63, 3.8) is 0 Å². The molecule has 0 aromatic carbocycles. The maximum Gasteiger partial charge on any atom is 0.160 e. The summed E-state index contributed by atoms with van der Waals surface area (Å²) < 4.78 is 0. The van der Waals surface area contributed by atoms with Gasteiger partial charge in [-0.15, -0.1) is 0 Å². The van der Waals surface area contributed by atoms with Crippen LogP contribution < -0.4 is 0 Å². The first kappa shape index (κ1) is 7.33. The summed E-state index contributed by atoms with van der Waals surface area (Å²) in [6.07, 6.45) is 1.44. The van der Waals surface area contributed by atoms with Crippen LogP contribution in [0, 0.1) is 11.3 Å². The molecule has 0 N–H and O–H groups in total. The fraction of sp³-hybridized carbons (Fsp3) is 0. The fourth-order valence-corrected chi connectivity index (χ4v) is 0.798. The van der Waals surface area contributed by atoms with Crippen LogP contribution in [0.5, 0.6) is 0 Å². The van der Waals surface area contributed by atoms with Crippen molar-refractivity contribution in [3.05, 3.63) is 28.0 Å². The quantitative estimate of drug-likeness (QED) is 0.603. The molecule has 0 spiro atoms. The number of halogens is 2. The molecule has 1 aromatic heterocycles. The van der Waals surface area contributed by atoms with Crippen molar-refractivity contribution in [2.45, 2.75) is 0 Å². The molecule has 0 aliphatic carbocycles. The molecule has 50 valence electrons. The highest BCUT2D eigenvalue weighted by Gasteiger charge is 2.02. The zero-order chi connectivity index (χ0) is 7.56. The summed E-state index contributed by atoms with van der Waals surface area (Å²) in [6.45, 7) is 0. The molecule has 0 amide bonds. The van der Waals surface area contributed by atoms with Crippen LogP contribution >= 0.6 is 23.2 Å². The standard InChI is InChI=1S/C6H2Cl2N2/c7-4-1-2-10-5(3-9)6(4)8/h1-2H. The highest BCUT2D eigenvalue weighted by Crippen LogP contribution is 2.22. The highest BCUT2D eigenvalue weighted by atomic mass is 35.5. The number of pyridine rings is 1. The van der Waals surface area contributed by atoms with E-state index in [0.29, 0.717) is 5.02 Å². The lowest BCUT2D eigenvalue weighted by Crippen LogP contribution is -1.82. The molecule has 0 aliphatic rings. The van der Waals surface area contributed by atoms with Crippen LogP contribution in [0.4, 0.5) is 0 Å². The summed E-state index contributed by atoms with van der Waals surface area (Å²) in [4.78, 5) is 3.68. The number of aromatic nitrogens is 1. The minimum Gasteiger partial charge on any atom is -0.244 e. The van der Waals surface area contributed by atoms with E-state index in [1.54, 1.807) is 0 Å². The van der Waals surface area contributed by atoms with Gasteiger partial charge in [-0.25, -0.2) is 4.98 Å². The van der Waals surface area contributed by atoms with E-state index in [0.717, 1.165) is 0 Å². The Bertz CT molecular complexity index is 290. The Hall–Kier alpha value is -0.780. The molecule has 0 unspecified atom stereocenters. The third-order valence-corrected chi connectivity index (χ3v) is 1.74. The Balaban J connectivity index is 3.31. The van der Waals surface area contributed by atoms with Crippen molar-refractivity contribution in [2.24, 2.45) is 0 Å². The van der Waals surface area contributed by atoms with Gasteiger partial charge in [0, 0.05) is 6.20 Å². The van der Waals surface area contributed by atoms with Gasteiger partial charge in [0.1, 0.15) is 6.07 Å². The topological polar surface area (TPSA) is 36.7 Å². The Morgan fingerprint density at radius 3 is 2.70 bits per heavy atom. The number of hydrogen-bond donors (Lipinski definition) is 0. The van der Waals surface area contributed by atoms with Crippen LogP contribution in [0.15, 0.2) is 12.3 Å². The predicted octanol–water partition coefficient (Wildman–Crippen LogP) is 2.26. The zero-order valence-electron chi connectivity index (χ0n) is 4.81. The van der Waals surface area contributed by atoms with Crippen molar-refractivity contribution in [1.82, 2.24) is 4.98 Å². The normalized spacial score (nSPS) is 8.90. The number of rotatable bonds is 0. The summed E-state index contributed by atoms with van der Waals surface area (Å²) in [5, 5.41) is 8.96. The molecule has 1 heterocycles. The Kier molecular flexibility index (Phi) is 2.10. The van der Waals surface area contributed by atoms with Crippen molar-refractivity contribution >= 4 is 23.2 Å². The van der Waals surface area contributed by atoms with Gasteiger partial charge in [-0.3, -0.25) is 0 Å². The van der Waals surface area contributed by atoms with Crippen LogP contribution in [-0.2, 0) is 0 Å². The van der Waals surface area contributed by atoms with Gasteiger partial charge in [0.2, 0.25) is 0 Å². The molecule has 0 aliphatic heterocycles. The number of nitriles is 1. The lowest BCUT2D eigenvalue weighted by Gasteiger charge is -1.93. The van der Waals surface area contributed by atoms with Gasteiger partial charge in [0.25, 0.3) is 0 Å². The molecular formula is C6H2Cl2N2. The zero-order valence-corrected chi connectivity index (χ0v) is 6.32. The van der Waals surface area contributed by atoms with Gasteiger partial charge in [0.15, 0.2) is 5.69 Å². The lowest BCUT2D eigenvalue weighted by atomic mass is 10.4. The van der Waals surface area contributed by atoms with E-state index in [2.05, 4.69) is 4.98 Å². The summed E-state index contributed by atoms with van der Waals surface area (Å²) in [5.41, 5.74) is 0.161. The maximum absolute atomic E-state index is 8.39. The molecule has 0 radical (unpaired) electrons. The molecule has 0 saturated carbocycles. The molecule has 0 atom stereocenters. The minimum absolute atomic E-state index is 0.161. The molecule has 0 fully saturated rings. The molecule has 10 heavy (non-hydrogen) atoms. The fourth-order valence-electron chi connectivity index (χ4n) is 0.498. The molecule has 2 nitrogen and oxygen atoms in total. The van der Waals surface area contributed by atoms with E-state index in [1.807, 2.05) is 6.07 Å². The Labute approximate surface area is 68.0 Å². The van der Waals surface area contributed by atoms with Gasteiger partial charge < -0.3 is 0 Å². The van der Waals surface area contributed by atoms with E-state index >= 15 is 0 Å². The second-order valence-electron chi connectivity index (χ2n) is 1.57. The smallest absolute Gasteiger partial charge is 0.160 e. The summed E-state index contributed by atoms with van der Waals surface area (Å²) in [7, 11) is 0. The largest absolute Gasteiger partial charge is 0.244 e. The average molecular weight is 173 g/mol. The minimum atomic E-state index is 0.161. The van der Waals surface area contributed by atoms with E-state index < -0.39 is 0 Å². The third-order valence-electron chi connectivity index (χ3n) is 0.948. The average Bonchev–Trinajstić information content (AvgIpc) is 1.95. The molecule has 1 aromatic rings. The summed E-state index contributed by atoms with van der Waals surface area (Å²) in [5.74, 6) is 0. The van der Waals surface area contributed by atoms with Gasteiger partial charge in [0.05, 0.1) is 10.0 Å². The van der Waals surface area contributed by atoms with Crippen LogP contribution in [0.1, 0.15) is 5.69 Å². The lowest BCUT2D eigenvalue weighted by molar-refractivity contribution is 1.26. The third kappa shape index (κ3) is 1.21. The SMILES string of the molecule is N#Cc1nccc(Cl)c1Cl. The Morgan fingerprint density at radius 2 is 2.20 bits per heavy atom. The second kappa shape index (κ2) is 2.87. The number of nitrogens with zero attached hydrogens (tertiary/aromatic N) is 2. The first-order valence-electron chi connectivity index (χ1n) is 2.46. The first-order valence-corrected chi connectivity index (χ1v) is 3.21. The van der Waals surface area contributed by atoms with Crippen molar-refractivity contribution in [1.29, 1.82) is 5.26 Å². The van der Waals surface area contributed by atoms with Crippen LogP contribution in [0.2, 0.25) is 10.0 Å². The second-order valence-corrected chi connectivity index (χ2v) is 2.35. The predicted molar refractivity (Wildman–Crippen MR) is 39.0 cm³/mol. The van der Waals surface area contributed by atoms with E-state index in [4.69, 9.17) is 28.5 Å². The maximum atomic E-state index is 8.39. The van der Waals surface area contributed by atoms with Gasteiger partial charge in [-0.1, -0.05) is 23.2 Å². The van der Waals surface area contributed by atoms with Gasteiger partial charge in [-0.05, 0) is 6.07 Å². The van der Waals surface area contributed by atoms with E-state index in [-0.39, 0.29) is 10.7 Å². The van der Waals surface area contributed by atoms with Crippen molar-refractivity contribution < 1.29 is 0 Å². The number of hydrogen-bond acceptors (Lipinski definition) is 2. The molecule has 0 saturated heterocycles. The van der Waals surface area contributed by atoms with E-state index in [9.17, 15) is 0 Å². The Morgan fingerprint density at radius 1 is 1.50 bits per heavy atom. The first-order chi connectivity index (χ1) is 4.75. The molecule has 0 bridgehead atoms. The monoisotopic (exact) mass is 172 g/mol. The van der Waals surface area contributed by atoms with Crippen LogP contribution in [0.25, 0.3) is 0 Å². The molecular weight excluding hydrogens is 171 g/mol. The van der Waals surface area contributed by atoms with Crippen molar-refractivity contribution in [3.8, 4) is 6.07 Å². The van der Waals surface area contributed by atoms with Gasteiger partial charge >= 0.3 is 0 Å². The molecule has 4 heteroatoms. The highest BCUT2D eigenvalue weighted by molar-refractivity contribution is 6.42. The van der Waals surface area contributed by atoms with Crippen molar-refractivity contribution in [2.75, 3.05) is 0 Å². The van der Waals surface area contributed by atoms with Crippen LogP contribution in [-0.4, -0.2) is 4.98 Å². The van der Waals surface area contributed by atoms with Gasteiger partial charge in [-0.2, -0.15) is 5.26 Å². The summed E-state index contributed by atoms with van der Waals surface area (Å²) >= 11 is 11.1.